The minimum Gasteiger partial charge on any atom is -0.354 e. The van der Waals surface area contributed by atoms with Crippen molar-refractivity contribution in [3.8, 4) is 0 Å². The molecular weight excluding hydrogens is 641 g/mol. The first-order valence-corrected chi connectivity index (χ1v) is 17.3. The molecule has 0 heterocycles. The number of sulfonamides is 1. The summed E-state index contributed by atoms with van der Waals surface area (Å²) in [5.41, 5.74) is 4.36. The molecule has 4 rings (SSSR count). The van der Waals surface area contributed by atoms with E-state index < -0.39 is 28.5 Å². The molecule has 4 aromatic carbocycles. The Labute approximate surface area is 282 Å². The Kier molecular flexibility index (Phi) is 11.9. The summed E-state index contributed by atoms with van der Waals surface area (Å²) in [6, 6.07) is 25.3. The fourth-order valence-electron chi connectivity index (χ4n) is 5.21. The Balaban J connectivity index is 1.84. The van der Waals surface area contributed by atoms with E-state index in [2.05, 4.69) is 5.32 Å². The highest BCUT2D eigenvalue weighted by atomic mass is 35.5. The van der Waals surface area contributed by atoms with Crippen LogP contribution in [0.2, 0.25) is 10.0 Å². The molecule has 10 heteroatoms. The average Bonchev–Trinajstić information content (AvgIpc) is 3.01. The number of amides is 2. The SMILES string of the molecule is CCCNC(=O)C(Cc1ccccc1)N(Cc1ccc(Cl)cc1Cl)C(=O)CN(c1cc(C)cc(C)c1)S(=O)(=O)c1ccc(C)cc1. The van der Waals surface area contributed by atoms with Crippen LogP contribution in [-0.2, 0) is 32.6 Å². The maximum Gasteiger partial charge on any atom is 0.264 e. The fourth-order valence-corrected chi connectivity index (χ4v) is 7.08. The van der Waals surface area contributed by atoms with Crippen molar-refractivity contribution in [2.45, 2.75) is 58.0 Å². The molecule has 1 N–H and O–H groups in total. The molecule has 2 amide bonds. The lowest BCUT2D eigenvalue weighted by Gasteiger charge is -2.34. The van der Waals surface area contributed by atoms with Gasteiger partial charge in [0.05, 0.1) is 10.6 Å². The van der Waals surface area contributed by atoms with Crippen LogP contribution in [0.4, 0.5) is 5.69 Å². The van der Waals surface area contributed by atoms with Crippen LogP contribution in [0.5, 0.6) is 0 Å². The van der Waals surface area contributed by atoms with Crippen LogP contribution in [-0.4, -0.2) is 44.3 Å². The number of nitrogens with zero attached hydrogens (tertiary/aromatic N) is 2. The van der Waals surface area contributed by atoms with Gasteiger partial charge in [0.25, 0.3) is 10.0 Å². The highest BCUT2D eigenvalue weighted by Gasteiger charge is 2.35. The number of anilines is 1. The van der Waals surface area contributed by atoms with Gasteiger partial charge in [0.1, 0.15) is 12.6 Å². The highest BCUT2D eigenvalue weighted by molar-refractivity contribution is 7.92. The maximum atomic E-state index is 14.6. The van der Waals surface area contributed by atoms with Crippen LogP contribution in [0.1, 0.15) is 41.2 Å². The second kappa shape index (κ2) is 15.6. The number of hydrogen-bond donors (Lipinski definition) is 1. The van der Waals surface area contributed by atoms with Crippen molar-refractivity contribution in [3.63, 3.8) is 0 Å². The summed E-state index contributed by atoms with van der Waals surface area (Å²) in [5.74, 6) is -0.906. The van der Waals surface area contributed by atoms with Crippen LogP contribution in [0.25, 0.3) is 0 Å². The van der Waals surface area contributed by atoms with E-state index >= 15 is 0 Å². The van der Waals surface area contributed by atoms with Crippen molar-refractivity contribution < 1.29 is 18.0 Å². The molecule has 0 radical (unpaired) electrons. The number of halogens is 2. The van der Waals surface area contributed by atoms with Gasteiger partial charge in [-0.1, -0.05) is 90.3 Å². The lowest BCUT2D eigenvalue weighted by atomic mass is 10.0. The van der Waals surface area contributed by atoms with Gasteiger partial charge in [0.2, 0.25) is 11.8 Å². The van der Waals surface area contributed by atoms with E-state index in [1.165, 1.54) is 17.0 Å². The van der Waals surface area contributed by atoms with Crippen LogP contribution in [0.3, 0.4) is 0 Å². The van der Waals surface area contributed by atoms with Gasteiger partial charge in [-0.3, -0.25) is 13.9 Å². The standard InChI is InChI=1S/C36H39Cl2N3O4S/c1-5-17-39-36(43)34(21-28-9-7-6-8-10-28)40(23-29-13-14-30(37)22-33(29)38)35(42)24-41(31-19-26(3)18-27(4)20-31)46(44,45)32-15-11-25(2)12-16-32/h6-16,18-20,22,34H,5,17,21,23-24H2,1-4H3,(H,39,43). The van der Waals surface area contributed by atoms with Gasteiger partial charge < -0.3 is 10.2 Å². The van der Waals surface area contributed by atoms with Crippen LogP contribution < -0.4 is 9.62 Å². The predicted molar refractivity (Wildman–Crippen MR) is 186 cm³/mol. The summed E-state index contributed by atoms with van der Waals surface area (Å²) in [7, 11) is -4.20. The largest absolute Gasteiger partial charge is 0.354 e. The molecule has 0 bridgehead atoms. The Hall–Kier alpha value is -3.85. The van der Waals surface area contributed by atoms with E-state index in [-0.39, 0.29) is 23.8 Å². The van der Waals surface area contributed by atoms with E-state index in [0.29, 0.717) is 34.3 Å². The molecule has 0 fully saturated rings. The van der Waals surface area contributed by atoms with Gasteiger partial charge in [-0.05, 0) is 85.8 Å². The predicted octanol–water partition coefficient (Wildman–Crippen LogP) is 7.28. The van der Waals surface area contributed by atoms with E-state index in [0.717, 1.165) is 26.6 Å². The van der Waals surface area contributed by atoms with Crippen LogP contribution in [0.15, 0.2) is 95.9 Å². The molecule has 0 saturated heterocycles. The molecule has 7 nitrogen and oxygen atoms in total. The molecular formula is C36H39Cl2N3O4S. The number of carbonyl (C=O) groups is 2. The smallest absolute Gasteiger partial charge is 0.264 e. The summed E-state index contributed by atoms with van der Waals surface area (Å²) >= 11 is 12.8. The average molecular weight is 681 g/mol. The lowest BCUT2D eigenvalue weighted by molar-refractivity contribution is -0.140. The minimum absolute atomic E-state index is 0.0445. The number of benzene rings is 4. The molecule has 242 valence electrons. The quantitative estimate of drug-likeness (QED) is 0.161. The molecule has 0 aliphatic rings. The number of carbonyl (C=O) groups excluding carboxylic acids is 2. The van der Waals surface area contributed by atoms with Crippen molar-refractivity contribution >= 4 is 50.7 Å². The summed E-state index contributed by atoms with van der Waals surface area (Å²) < 4.78 is 29.6. The molecule has 0 aliphatic carbocycles. The van der Waals surface area contributed by atoms with Gasteiger partial charge in [-0.15, -0.1) is 0 Å². The lowest BCUT2D eigenvalue weighted by Crippen LogP contribution is -2.53. The number of aryl methyl sites for hydroxylation is 3. The summed E-state index contributed by atoms with van der Waals surface area (Å²) in [6.07, 6.45) is 0.914. The van der Waals surface area contributed by atoms with E-state index in [1.54, 1.807) is 42.5 Å². The zero-order chi connectivity index (χ0) is 33.4. The van der Waals surface area contributed by atoms with E-state index in [4.69, 9.17) is 23.2 Å². The normalized spacial score (nSPS) is 12.0. The number of nitrogens with one attached hydrogen (secondary N) is 1. The van der Waals surface area contributed by atoms with Crippen molar-refractivity contribution in [1.29, 1.82) is 0 Å². The van der Waals surface area contributed by atoms with Crippen molar-refractivity contribution in [2.24, 2.45) is 0 Å². The molecule has 1 unspecified atom stereocenters. The molecule has 4 aromatic rings. The van der Waals surface area contributed by atoms with Crippen molar-refractivity contribution in [2.75, 3.05) is 17.4 Å². The summed E-state index contributed by atoms with van der Waals surface area (Å²) in [4.78, 5) is 29.9. The van der Waals surface area contributed by atoms with Gasteiger partial charge in [-0.25, -0.2) is 8.42 Å². The topological polar surface area (TPSA) is 86.8 Å². The fraction of sp³-hybridized carbons (Fsp3) is 0.278. The summed E-state index contributed by atoms with van der Waals surface area (Å²) in [5, 5.41) is 3.70. The molecule has 0 spiro atoms. The van der Waals surface area contributed by atoms with Crippen molar-refractivity contribution in [3.05, 3.63) is 129 Å². The van der Waals surface area contributed by atoms with Crippen molar-refractivity contribution in [1.82, 2.24) is 10.2 Å². The van der Waals surface area contributed by atoms with Crippen LogP contribution >= 0.6 is 23.2 Å². The molecule has 1 atom stereocenters. The first-order chi connectivity index (χ1) is 21.9. The number of rotatable bonds is 13. The van der Waals surface area contributed by atoms with Gasteiger partial charge in [-0.2, -0.15) is 0 Å². The first kappa shape index (κ1) is 35.0. The molecule has 0 saturated carbocycles. The first-order valence-electron chi connectivity index (χ1n) is 15.1. The van der Waals surface area contributed by atoms with Gasteiger partial charge in [0, 0.05) is 29.6 Å². The second-order valence-electron chi connectivity index (χ2n) is 11.4. The second-order valence-corrected chi connectivity index (χ2v) is 14.1. The molecule has 46 heavy (non-hydrogen) atoms. The third kappa shape index (κ3) is 8.90. The Morgan fingerprint density at radius 1 is 0.826 bits per heavy atom. The van der Waals surface area contributed by atoms with Gasteiger partial charge >= 0.3 is 0 Å². The third-order valence-corrected chi connectivity index (χ3v) is 9.93. The monoisotopic (exact) mass is 679 g/mol. The number of hydrogen-bond acceptors (Lipinski definition) is 4. The molecule has 0 aromatic heterocycles. The minimum atomic E-state index is -4.20. The summed E-state index contributed by atoms with van der Waals surface area (Å²) in [6.45, 7) is 7.39. The Morgan fingerprint density at radius 2 is 1.48 bits per heavy atom. The molecule has 0 aliphatic heterocycles. The highest BCUT2D eigenvalue weighted by Crippen LogP contribution is 2.28. The zero-order valence-corrected chi connectivity index (χ0v) is 28.8. The van der Waals surface area contributed by atoms with E-state index in [1.807, 2.05) is 64.1 Å². The van der Waals surface area contributed by atoms with E-state index in [9.17, 15) is 18.0 Å². The Morgan fingerprint density at radius 3 is 2.09 bits per heavy atom. The maximum absolute atomic E-state index is 14.6. The Bertz CT molecular complexity index is 1760. The zero-order valence-electron chi connectivity index (χ0n) is 26.5. The van der Waals surface area contributed by atoms with Gasteiger partial charge in [0.15, 0.2) is 0 Å². The van der Waals surface area contributed by atoms with Crippen LogP contribution in [0, 0.1) is 20.8 Å². The third-order valence-electron chi connectivity index (χ3n) is 7.56.